The molecule has 1 rings (SSSR count). The number of carbonyl (C=O) groups excluding carboxylic acids is 2. The molecule has 0 aromatic heterocycles. The van der Waals surface area contributed by atoms with Crippen molar-refractivity contribution >= 4 is 17.8 Å². The smallest absolute Gasteiger partial charge is 0.408 e. The van der Waals surface area contributed by atoms with Crippen molar-refractivity contribution in [3.05, 3.63) is 35.9 Å². The van der Waals surface area contributed by atoms with Crippen LogP contribution < -0.4 is 5.32 Å². The van der Waals surface area contributed by atoms with E-state index in [-0.39, 0.29) is 6.61 Å². The summed E-state index contributed by atoms with van der Waals surface area (Å²) < 4.78 is 11.0. The van der Waals surface area contributed by atoms with Crippen molar-refractivity contribution in [3.63, 3.8) is 0 Å². The first-order valence-corrected chi connectivity index (χ1v) is 8.52. The Morgan fingerprint density at radius 2 is 1.77 bits per heavy atom. The van der Waals surface area contributed by atoms with Crippen LogP contribution in [0.2, 0.25) is 0 Å². The Hall–Kier alpha value is -2.41. The fourth-order valence-corrected chi connectivity index (χ4v) is 2.37. The molecular formula is C19H27NO6. The second-order valence-electron chi connectivity index (χ2n) is 6.90. The van der Waals surface area contributed by atoms with Gasteiger partial charge in [0.25, 0.3) is 0 Å². The van der Waals surface area contributed by atoms with E-state index in [0.29, 0.717) is 6.42 Å². The Morgan fingerprint density at radius 3 is 2.27 bits per heavy atom. The molecule has 26 heavy (non-hydrogen) atoms. The zero-order chi connectivity index (χ0) is 19.7. The highest BCUT2D eigenvalue weighted by molar-refractivity contribution is 5.99. The van der Waals surface area contributed by atoms with Crippen molar-refractivity contribution in [1.82, 2.24) is 5.32 Å². The maximum Gasteiger partial charge on any atom is 0.408 e. The summed E-state index contributed by atoms with van der Waals surface area (Å²) in [6, 6.07) is 7.99. The summed E-state index contributed by atoms with van der Waals surface area (Å²) in [6.07, 6.45) is -1.74. The number of hydrogen-bond acceptors (Lipinski definition) is 5. The van der Waals surface area contributed by atoms with Crippen LogP contribution in [-0.2, 0) is 25.7 Å². The maximum absolute atomic E-state index is 12.3. The first-order valence-electron chi connectivity index (χ1n) is 8.52. The molecule has 2 atom stereocenters. The Balaban J connectivity index is 2.80. The largest absolute Gasteiger partial charge is 0.481 e. The quantitative estimate of drug-likeness (QED) is 0.653. The van der Waals surface area contributed by atoms with E-state index in [0.717, 1.165) is 5.56 Å². The van der Waals surface area contributed by atoms with E-state index in [4.69, 9.17) is 14.6 Å². The topological polar surface area (TPSA) is 102 Å². The van der Waals surface area contributed by atoms with Crippen LogP contribution in [-0.4, -0.2) is 40.7 Å². The van der Waals surface area contributed by atoms with Gasteiger partial charge in [0, 0.05) is 0 Å². The van der Waals surface area contributed by atoms with Gasteiger partial charge in [0.05, 0.1) is 11.7 Å². The fourth-order valence-electron chi connectivity index (χ4n) is 2.37. The summed E-state index contributed by atoms with van der Waals surface area (Å²) >= 11 is 0. The number of benzene rings is 1. The Bertz CT molecular complexity index is 608. The average molecular weight is 365 g/mol. The number of carbonyl (C=O) groups is 3. The van der Waals surface area contributed by atoms with Gasteiger partial charge in [0.15, 0.2) is 5.78 Å². The number of ether oxygens (including phenoxy) is 2. The van der Waals surface area contributed by atoms with E-state index >= 15 is 0 Å². The van der Waals surface area contributed by atoms with Crippen molar-refractivity contribution in [3.8, 4) is 0 Å². The van der Waals surface area contributed by atoms with E-state index in [1.54, 1.807) is 19.1 Å². The van der Waals surface area contributed by atoms with Crippen molar-refractivity contribution in [2.45, 2.75) is 64.9 Å². The molecular weight excluding hydrogens is 338 g/mol. The first-order chi connectivity index (χ1) is 12.1. The van der Waals surface area contributed by atoms with Crippen molar-refractivity contribution in [2.24, 2.45) is 0 Å². The highest BCUT2D eigenvalue weighted by atomic mass is 16.6. The summed E-state index contributed by atoms with van der Waals surface area (Å²) in [5.41, 5.74) is 0.243. The van der Waals surface area contributed by atoms with Crippen molar-refractivity contribution in [1.29, 1.82) is 0 Å². The summed E-state index contributed by atoms with van der Waals surface area (Å²) in [5, 5.41) is 11.4. The molecule has 0 saturated heterocycles. The second-order valence-corrected chi connectivity index (χ2v) is 6.90. The minimum atomic E-state index is -1.26. The summed E-state index contributed by atoms with van der Waals surface area (Å²) in [5.74, 6) is -1.89. The normalized spacial score (nSPS) is 13.5. The highest BCUT2D eigenvalue weighted by Gasteiger charge is 2.33. The van der Waals surface area contributed by atoms with E-state index in [1.165, 1.54) is 0 Å². The number of rotatable bonds is 9. The second kappa shape index (κ2) is 9.91. The number of aliphatic carboxylic acids is 1. The van der Waals surface area contributed by atoms with Gasteiger partial charge < -0.3 is 19.9 Å². The Kier molecular flexibility index (Phi) is 8.25. The Labute approximate surface area is 153 Å². The van der Waals surface area contributed by atoms with Gasteiger partial charge in [-0.15, -0.1) is 0 Å². The van der Waals surface area contributed by atoms with E-state index in [9.17, 15) is 14.4 Å². The van der Waals surface area contributed by atoms with Gasteiger partial charge in [-0.05, 0) is 32.8 Å². The molecule has 2 N–H and O–H groups in total. The lowest BCUT2D eigenvalue weighted by Gasteiger charge is -2.32. The van der Waals surface area contributed by atoms with E-state index in [2.05, 4.69) is 5.32 Å². The number of alkyl carbamates (subject to hydrolysis) is 1. The van der Waals surface area contributed by atoms with Crippen LogP contribution in [0.1, 0.15) is 46.1 Å². The molecule has 0 aliphatic heterocycles. The lowest BCUT2D eigenvalue weighted by molar-refractivity contribution is -0.143. The van der Waals surface area contributed by atoms with Gasteiger partial charge in [-0.25, -0.2) is 4.79 Å². The van der Waals surface area contributed by atoms with E-state index < -0.39 is 42.0 Å². The monoisotopic (exact) mass is 365 g/mol. The van der Waals surface area contributed by atoms with Crippen molar-refractivity contribution < 1.29 is 29.0 Å². The van der Waals surface area contributed by atoms with Crippen LogP contribution in [0.4, 0.5) is 4.79 Å². The van der Waals surface area contributed by atoms with Crippen LogP contribution >= 0.6 is 0 Å². The van der Waals surface area contributed by atoms with Crippen LogP contribution in [0.5, 0.6) is 0 Å². The molecule has 1 unspecified atom stereocenters. The molecule has 7 heteroatoms. The summed E-state index contributed by atoms with van der Waals surface area (Å²) in [7, 11) is 0. The third kappa shape index (κ3) is 8.11. The zero-order valence-electron chi connectivity index (χ0n) is 15.7. The lowest BCUT2D eigenvalue weighted by Crippen LogP contribution is -2.52. The van der Waals surface area contributed by atoms with Gasteiger partial charge in [0.1, 0.15) is 19.1 Å². The number of nitrogens with one attached hydrogen (secondary N) is 1. The number of ketones is 1. The molecule has 0 bridgehead atoms. The van der Waals surface area contributed by atoms with Gasteiger partial charge in [0.2, 0.25) is 0 Å². The number of hydrogen-bond donors (Lipinski definition) is 2. The minimum absolute atomic E-state index is 0.0451. The molecule has 144 valence electrons. The molecule has 0 fully saturated rings. The molecule has 0 radical (unpaired) electrons. The number of amides is 1. The molecule has 7 nitrogen and oxygen atoms in total. The SMILES string of the molecule is CCC(OC(C)(C)C)[C@H](NC(=O)OCc1ccccc1)C(=O)CC(=O)O. The molecule has 1 aromatic rings. The molecule has 0 aliphatic rings. The van der Waals surface area contributed by atoms with Crippen LogP contribution in [0.3, 0.4) is 0 Å². The minimum Gasteiger partial charge on any atom is -0.481 e. The summed E-state index contributed by atoms with van der Waals surface area (Å²) in [6.45, 7) is 7.31. The lowest BCUT2D eigenvalue weighted by atomic mass is 10.0. The first kappa shape index (κ1) is 21.6. The summed E-state index contributed by atoms with van der Waals surface area (Å²) in [4.78, 5) is 35.3. The predicted molar refractivity (Wildman–Crippen MR) is 95.7 cm³/mol. The maximum atomic E-state index is 12.3. The van der Waals surface area contributed by atoms with Crippen LogP contribution in [0.15, 0.2) is 30.3 Å². The molecule has 0 saturated carbocycles. The van der Waals surface area contributed by atoms with Crippen LogP contribution in [0, 0.1) is 0 Å². The molecule has 0 spiro atoms. The van der Waals surface area contributed by atoms with Crippen molar-refractivity contribution in [2.75, 3.05) is 0 Å². The molecule has 1 amide bonds. The number of carboxylic acid groups (broad SMARTS) is 1. The van der Waals surface area contributed by atoms with Gasteiger partial charge in [-0.3, -0.25) is 9.59 Å². The Morgan fingerprint density at radius 1 is 1.15 bits per heavy atom. The fraction of sp³-hybridized carbons (Fsp3) is 0.526. The third-order valence-electron chi connectivity index (χ3n) is 3.44. The third-order valence-corrected chi connectivity index (χ3v) is 3.44. The van der Waals surface area contributed by atoms with Gasteiger partial charge in [-0.2, -0.15) is 0 Å². The number of carboxylic acids is 1. The average Bonchev–Trinajstić information content (AvgIpc) is 2.55. The zero-order valence-corrected chi connectivity index (χ0v) is 15.7. The number of Topliss-reactive ketones (excluding diaryl/α,β-unsaturated/α-hetero) is 1. The van der Waals surface area contributed by atoms with E-state index in [1.807, 2.05) is 39.0 Å². The van der Waals surface area contributed by atoms with Gasteiger partial charge >= 0.3 is 12.1 Å². The van der Waals surface area contributed by atoms with Gasteiger partial charge in [-0.1, -0.05) is 37.3 Å². The molecule has 0 aliphatic carbocycles. The molecule has 0 heterocycles. The van der Waals surface area contributed by atoms with Crippen LogP contribution in [0.25, 0.3) is 0 Å². The highest BCUT2D eigenvalue weighted by Crippen LogP contribution is 2.17. The predicted octanol–water partition coefficient (Wildman–Crippen LogP) is 2.92. The standard InChI is InChI=1S/C19H27NO6/c1-5-15(26-19(2,3)4)17(14(21)11-16(22)23)20-18(24)25-12-13-9-7-6-8-10-13/h6-10,15,17H,5,11-12H2,1-4H3,(H,20,24)(H,22,23)/t15?,17-/m1/s1. The molecule has 1 aromatic carbocycles.